The largest absolute Gasteiger partial charge is 0.480 e. The van der Waals surface area contributed by atoms with Gasteiger partial charge in [0.25, 0.3) is 0 Å². The van der Waals surface area contributed by atoms with Crippen LogP contribution < -0.4 is 16.8 Å². The van der Waals surface area contributed by atoms with Crippen molar-refractivity contribution in [1.82, 2.24) is 0 Å². The van der Waals surface area contributed by atoms with Crippen molar-refractivity contribution in [2.45, 2.75) is 6.04 Å². The highest BCUT2D eigenvalue weighted by atomic mass is 16.4. The predicted octanol–water partition coefficient (Wildman–Crippen LogP) is 1.32. The van der Waals surface area contributed by atoms with Crippen LogP contribution in [0, 0.1) is 0 Å². The zero-order valence-corrected chi connectivity index (χ0v) is 11.8. The SMILES string of the molecule is Nc1ccc(C(=O)c2ccc(NCC(N)C(=O)O)cc2)cc1. The van der Waals surface area contributed by atoms with E-state index in [1.807, 2.05) is 0 Å². The minimum atomic E-state index is -1.07. The van der Waals surface area contributed by atoms with Gasteiger partial charge in [0.15, 0.2) is 5.78 Å². The zero-order valence-electron chi connectivity index (χ0n) is 11.8. The van der Waals surface area contributed by atoms with E-state index >= 15 is 0 Å². The molecule has 0 aliphatic rings. The maximum atomic E-state index is 12.3. The van der Waals surface area contributed by atoms with Crippen LogP contribution in [-0.4, -0.2) is 29.4 Å². The number of nitrogens with two attached hydrogens (primary N) is 2. The number of carbonyl (C=O) groups is 2. The topological polar surface area (TPSA) is 118 Å². The Morgan fingerprint density at radius 3 is 2.00 bits per heavy atom. The summed E-state index contributed by atoms with van der Waals surface area (Å²) in [6.45, 7) is 0.112. The fourth-order valence-electron chi connectivity index (χ4n) is 1.86. The Labute approximate surface area is 127 Å². The van der Waals surface area contributed by atoms with Gasteiger partial charge in [-0.1, -0.05) is 0 Å². The fourth-order valence-corrected chi connectivity index (χ4v) is 1.86. The second kappa shape index (κ2) is 6.73. The number of hydrogen-bond acceptors (Lipinski definition) is 5. The number of carboxylic acids is 1. The molecule has 2 rings (SSSR count). The number of nitrogens with one attached hydrogen (secondary N) is 1. The number of aliphatic carboxylic acids is 1. The van der Waals surface area contributed by atoms with E-state index in [9.17, 15) is 9.59 Å². The first-order chi connectivity index (χ1) is 10.5. The van der Waals surface area contributed by atoms with Crippen molar-refractivity contribution in [1.29, 1.82) is 0 Å². The summed E-state index contributed by atoms with van der Waals surface area (Å²) >= 11 is 0. The Balaban J connectivity index is 2.03. The van der Waals surface area contributed by atoms with Crippen LogP contribution in [0.15, 0.2) is 48.5 Å². The van der Waals surface area contributed by atoms with Crippen LogP contribution in [0.3, 0.4) is 0 Å². The third kappa shape index (κ3) is 3.83. The molecule has 0 bridgehead atoms. The maximum Gasteiger partial charge on any atom is 0.322 e. The van der Waals surface area contributed by atoms with Crippen LogP contribution in [0.5, 0.6) is 0 Å². The number of carboxylic acid groups (broad SMARTS) is 1. The molecule has 0 fully saturated rings. The van der Waals surface area contributed by atoms with Crippen LogP contribution in [-0.2, 0) is 4.79 Å². The lowest BCUT2D eigenvalue weighted by molar-refractivity contribution is -0.138. The van der Waals surface area contributed by atoms with E-state index in [-0.39, 0.29) is 12.3 Å². The molecule has 0 spiro atoms. The Morgan fingerprint density at radius 1 is 1.00 bits per heavy atom. The normalized spacial score (nSPS) is 11.7. The summed E-state index contributed by atoms with van der Waals surface area (Å²) in [5.41, 5.74) is 13.4. The van der Waals surface area contributed by atoms with E-state index in [4.69, 9.17) is 16.6 Å². The average Bonchev–Trinajstić information content (AvgIpc) is 2.53. The molecule has 0 aromatic heterocycles. The lowest BCUT2D eigenvalue weighted by atomic mass is 10.0. The molecule has 0 amide bonds. The Kier molecular flexibility index (Phi) is 4.75. The van der Waals surface area contributed by atoms with Crippen molar-refractivity contribution in [3.8, 4) is 0 Å². The first kappa shape index (κ1) is 15.5. The minimum Gasteiger partial charge on any atom is -0.480 e. The van der Waals surface area contributed by atoms with Gasteiger partial charge in [-0.2, -0.15) is 0 Å². The molecule has 1 unspecified atom stereocenters. The third-order valence-corrected chi connectivity index (χ3v) is 3.16. The number of benzene rings is 2. The number of hydrogen-bond donors (Lipinski definition) is 4. The maximum absolute atomic E-state index is 12.3. The molecule has 0 aliphatic heterocycles. The van der Waals surface area contributed by atoms with Gasteiger partial charge in [0.2, 0.25) is 0 Å². The van der Waals surface area contributed by atoms with Gasteiger partial charge < -0.3 is 21.9 Å². The number of carbonyl (C=O) groups excluding carboxylic acids is 1. The first-order valence-electron chi connectivity index (χ1n) is 6.70. The summed E-state index contributed by atoms with van der Waals surface area (Å²) in [6, 6.07) is 12.5. The van der Waals surface area contributed by atoms with Crippen molar-refractivity contribution in [3.05, 3.63) is 59.7 Å². The third-order valence-electron chi connectivity index (χ3n) is 3.16. The molecule has 1 atom stereocenters. The molecule has 0 saturated carbocycles. The highest BCUT2D eigenvalue weighted by molar-refractivity contribution is 6.09. The van der Waals surface area contributed by atoms with Gasteiger partial charge >= 0.3 is 5.97 Å². The summed E-state index contributed by atoms with van der Waals surface area (Å²) in [5, 5.41) is 11.6. The monoisotopic (exact) mass is 299 g/mol. The van der Waals surface area contributed by atoms with Crippen molar-refractivity contribution >= 4 is 23.1 Å². The van der Waals surface area contributed by atoms with Gasteiger partial charge in [0.1, 0.15) is 6.04 Å². The van der Waals surface area contributed by atoms with E-state index < -0.39 is 12.0 Å². The number of ketones is 1. The molecule has 2 aromatic rings. The molecule has 0 radical (unpaired) electrons. The lowest BCUT2D eigenvalue weighted by Gasteiger charge is -2.10. The Bertz CT molecular complexity index is 666. The van der Waals surface area contributed by atoms with E-state index in [1.165, 1.54) is 0 Å². The summed E-state index contributed by atoms with van der Waals surface area (Å²) in [4.78, 5) is 22.9. The molecule has 6 heteroatoms. The molecular weight excluding hydrogens is 282 g/mol. The summed E-state index contributed by atoms with van der Waals surface area (Å²) in [7, 11) is 0. The number of rotatable bonds is 6. The second-order valence-electron chi connectivity index (χ2n) is 4.85. The van der Waals surface area contributed by atoms with Gasteiger partial charge in [0, 0.05) is 29.0 Å². The van der Waals surface area contributed by atoms with Crippen LogP contribution in [0.4, 0.5) is 11.4 Å². The quantitative estimate of drug-likeness (QED) is 0.472. The minimum absolute atomic E-state index is 0.103. The van der Waals surface area contributed by atoms with Crippen LogP contribution in [0.25, 0.3) is 0 Å². The standard InChI is InChI=1S/C16H17N3O3/c17-12-5-1-10(2-6-12)15(20)11-3-7-13(8-4-11)19-9-14(18)16(21)22/h1-8,14,19H,9,17-18H2,(H,21,22). The van der Waals surface area contributed by atoms with Gasteiger partial charge in [-0.05, 0) is 48.5 Å². The lowest BCUT2D eigenvalue weighted by Crippen LogP contribution is -2.36. The van der Waals surface area contributed by atoms with E-state index in [0.29, 0.717) is 22.5 Å². The van der Waals surface area contributed by atoms with E-state index in [0.717, 1.165) is 0 Å². The molecular formula is C16H17N3O3. The number of anilines is 2. The molecule has 6 nitrogen and oxygen atoms in total. The van der Waals surface area contributed by atoms with Crippen molar-refractivity contribution < 1.29 is 14.7 Å². The molecule has 2 aromatic carbocycles. The smallest absolute Gasteiger partial charge is 0.322 e. The van der Waals surface area contributed by atoms with Gasteiger partial charge in [-0.15, -0.1) is 0 Å². The molecule has 114 valence electrons. The highest BCUT2D eigenvalue weighted by Gasteiger charge is 2.11. The fraction of sp³-hybridized carbons (Fsp3) is 0.125. The molecule has 0 aliphatic carbocycles. The van der Waals surface area contributed by atoms with Crippen LogP contribution in [0.1, 0.15) is 15.9 Å². The van der Waals surface area contributed by atoms with Crippen molar-refractivity contribution in [3.63, 3.8) is 0 Å². The molecule has 6 N–H and O–H groups in total. The molecule has 22 heavy (non-hydrogen) atoms. The Morgan fingerprint density at radius 2 is 1.50 bits per heavy atom. The summed E-state index contributed by atoms with van der Waals surface area (Å²) < 4.78 is 0. The van der Waals surface area contributed by atoms with Crippen molar-refractivity contribution in [2.24, 2.45) is 5.73 Å². The molecule has 0 saturated heterocycles. The highest BCUT2D eigenvalue weighted by Crippen LogP contribution is 2.15. The zero-order chi connectivity index (χ0) is 16.1. The predicted molar refractivity (Wildman–Crippen MR) is 84.8 cm³/mol. The van der Waals surface area contributed by atoms with Crippen LogP contribution in [0.2, 0.25) is 0 Å². The van der Waals surface area contributed by atoms with E-state index in [2.05, 4.69) is 5.32 Å². The summed E-state index contributed by atoms with van der Waals surface area (Å²) in [6.07, 6.45) is 0. The van der Waals surface area contributed by atoms with E-state index in [1.54, 1.807) is 48.5 Å². The van der Waals surface area contributed by atoms with Gasteiger partial charge in [-0.25, -0.2) is 0 Å². The van der Waals surface area contributed by atoms with Gasteiger partial charge in [0.05, 0.1) is 0 Å². The average molecular weight is 299 g/mol. The summed E-state index contributed by atoms with van der Waals surface area (Å²) in [5.74, 6) is -1.17. The number of nitrogen functional groups attached to an aromatic ring is 1. The molecule has 0 heterocycles. The Hall–Kier alpha value is -2.86. The first-order valence-corrected chi connectivity index (χ1v) is 6.70. The second-order valence-corrected chi connectivity index (χ2v) is 4.85. The van der Waals surface area contributed by atoms with Gasteiger partial charge in [-0.3, -0.25) is 9.59 Å². The van der Waals surface area contributed by atoms with Crippen LogP contribution >= 0.6 is 0 Å². The van der Waals surface area contributed by atoms with Crippen molar-refractivity contribution in [2.75, 3.05) is 17.6 Å².